The molecule has 2 aromatic carbocycles. The number of carbonyl (C=O) groups excluding carboxylic acids is 2. The van der Waals surface area contributed by atoms with E-state index in [-0.39, 0.29) is 17.5 Å². The van der Waals surface area contributed by atoms with E-state index >= 15 is 0 Å². The Labute approximate surface area is 185 Å². The summed E-state index contributed by atoms with van der Waals surface area (Å²) in [6, 6.07) is 16.5. The van der Waals surface area contributed by atoms with Crippen molar-refractivity contribution >= 4 is 17.5 Å². The van der Waals surface area contributed by atoms with Gasteiger partial charge in [0.2, 0.25) is 11.8 Å². The molecule has 0 fully saturated rings. The van der Waals surface area contributed by atoms with Crippen LogP contribution in [0.25, 0.3) is 22.8 Å². The lowest BCUT2D eigenvalue weighted by Gasteiger charge is -2.06. The molecule has 0 saturated heterocycles. The zero-order valence-corrected chi connectivity index (χ0v) is 17.6. The smallest absolute Gasteiger partial charge is 0.273 e. The van der Waals surface area contributed by atoms with E-state index in [1.165, 1.54) is 6.92 Å². The molecule has 32 heavy (non-hydrogen) atoms. The minimum absolute atomic E-state index is 0.153. The number of hydrogen-bond acceptors (Lipinski definition) is 5. The summed E-state index contributed by atoms with van der Waals surface area (Å²) < 4.78 is 7.98. The second-order valence-corrected chi connectivity index (χ2v) is 7.23. The van der Waals surface area contributed by atoms with Crippen molar-refractivity contribution in [3.05, 3.63) is 79.0 Å². The van der Waals surface area contributed by atoms with Gasteiger partial charge in [-0.15, -0.1) is 0 Å². The first-order valence-electron chi connectivity index (χ1n) is 10.3. The number of nitrogens with zero attached hydrogens (tertiary/aromatic N) is 3. The largest absolute Gasteiger partial charge is 0.435 e. The summed E-state index contributed by atoms with van der Waals surface area (Å²) in [5.74, 6) is 0.294. The molecule has 0 spiro atoms. The van der Waals surface area contributed by atoms with Gasteiger partial charge in [-0.25, -0.2) is 9.97 Å². The molecule has 0 aliphatic rings. The molecule has 8 nitrogen and oxygen atoms in total. The van der Waals surface area contributed by atoms with Crippen LogP contribution < -0.4 is 10.6 Å². The average Bonchev–Trinajstić information content (AvgIpc) is 3.48. The first-order valence-corrected chi connectivity index (χ1v) is 10.3. The molecule has 0 aliphatic heterocycles. The first-order chi connectivity index (χ1) is 15.6. The van der Waals surface area contributed by atoms with Gasteiger partial charge in [-0.2, -0.15) is 0 Å². The fraction of sp³-hybridized carbons (Fsp3) is 0.167. The second kappa shape index (κ2) is 9.74. The molecule has 0 radical (unpaired) electrons. The number of aryl methyl sites for hydroxylation is 1. The molecular formula is C24H23N5O3. The molecule has 2 amide bonds. The number of benzene rings is 2. The lowest BCUT2D eigenvalue weighted by atomic mass is 10.1. The third-order valence-electron chi connectivity index (χ3n) is 4.77. The lowest BCUT2D eigenvalue weighted by Crippen LogP contribution is -2.26. The third-order valence-corrected chi connectivity index (χ3v) is 4.77. The predicted octanol–water partition coefficient (Wildman–Crippen LogP) is 3.98. The summed E-state index contributed by atoms with van der Waals surface area (Å²) >= 11 is 0. The molecule has 2 N–H and O–H groups in total. The maximum Gasteiger partial charge on any atom is 0.273 e. The number of rotatable bonds is 8. The normalized spacial score (nSPS) is 10.7. The van der Waals surface area contributed by atoms with E-state index < -0.39 is 0 Å². The Kier molecular flexibility index (Phi) is 6.41. The predicted molar refractivity (Wildman–Crippen MR) is 121 cm³/mol. The number of carbonyl (C=O) groups is 2. The van der Waals surface area contributed by atoms with Gasteiger partial charge in [-0.05, 0) is 42.8 Å². The molecule has 0 bridgehead atoms. The highest BCUT2D eigenvalue weighted by molar-refractivity contribution is 5.98. The summed E-state index contributed by atoms with van der Waals surface area (Å²) in [5.41, 5.74) is 2.36. The van der Waals surface area contributed by atoms with Crippen LogP contribution in [0, 0.1) is 0 Å². The van der Waals surface area contributed by atoms with E-state index in [1.54, 1.807) is 36.8 Å². The SMILES string of the molecule is CC(=O)Nc1ccc(-c2oc(-c3ccccc3)nc2C(=O)NCCCn2ccnc2)cc1. The Balaban J connectivity index is 1.56. The number of nitrogens with one attached hydrogen (secondary N) is 2. The van der Waals surface area contributed by atoms with Crippen molar-refractivity contribution < 1.29 is 14.0 Å². The lowest BCUT2D eigenvalue weighted by molar-refractivity contribution is -0.114. The molecule has 162 valence electrons. The zero-order chi connectivity index (χ0) is 22.3. The van der Waals surface area contributed by atoms with Crippen molar-refractivity contribution in [2.24, 2.45) is 0 Å². The van der Waals surface area contributed by atoms with Crippen LogP contribution in [0.5, 0.6) is 0 Å². The van der Waals surface area contributed by atoms with Gasteiger partial charge >= 0.3 is 0 Å². The molecule has 0 atom stereocenters. The fourth-order valence-corrected chi connectivity index (χ4v) is 3.25. The molecule has 0 unspecified atom stereocenters. The van der Waals surface area contributed by atoms with Crippen LogP contribution >= 0.6 is 0 Å². The summed E-state index contributed by atoms with van der Waals surface area (Å²) in [6.07, 6.45) is 6.11. The van der Waals surface area contributed by atoms with Crippen LogP contribution in [-0.4, -0.2) is 32.9 Å². The summed E-state index contributed by atoms with van der Waals surface area (Å²) in [7, 11) is 0. The van der Waals surface area contributed by atoms with Crippen molar-refractivity contribution in [2.45, 2.75) is 19.9 Å². The van der Waals surface area contributed by atoms with Crippen LogP contribution in [0.15, 0.2) is 77.7 Å². The van der Waals surface area contributed by atoms with E-state index in [0.717, 1.165) is 18.5 Å². The molecule has 4 aromatic rings. The number of hydrogen-bond donors (Lipinski definition) is 2. The molecule has 0 saturated carbocycles. The van der Waals surface area contributed by atoms with Crippen LogP contribution in [0.3, 0.4) is 0 Å². The van der Waals surface area contributed by atoms with Gasteiger partial charge in [0.1, 0.15) is 0 Å². The maximum atomic E-state index is 12.9. The maximum absolute atomic E-state index is 12.9. The van der Waals surface area contributed by atoms with Gasteiger partial charge in [0.05, 0.1) is 6.33 Å². The van der Waals surface area contributed by atoms with Crippen LogP contribution in [0.1, 0.15) is 23.8 Å². The van der Waals surface area contributed by atoms with Gasteiger partial charge in [0.15, 0.2) is 11.5 Å². The molecule has 0 aliphatic carbocycles. The fourth-order valence-electron chi connectivity index (χ4n) is 3.25. The first kappa shape index (κ1) is 21.0. The highest BCUT2D eigenvalue weighted by Gasteiger charge is 2.22. The molecule has 8 heteroatoms. The van der Waals surface area contributed by atoms with E-state index in [0.29, 0.717) is 29.4 Å². The van der Waals surface area contributed by atoms with Gasteiger partial charge in [0, 0.05) is 49.2 Å². The number of aromatic nitrogens is 3. The van der Waals surface area contributed by atoms with Gasteiger partial charge in [-0.1, -0.05) is 18.2 Å². The summed E-state index contributed by atoms with van der Waals surface area (Å²) in [4.78, 5) is 32.7. The Morgan fingerprint density at radius 2 is 1.81 bits per heavy atom. The van der Waals surface area contributed by atoms with Crippen molar-refractivity contribution in [1.82, 2.24) is 19.9 Å². The van der Waals surface area contributed by atoms with Crippen molar-refractivity contribution in [1.29, 1.82) is 0 Å². The zero-order valence-electron chi connectivity index (χ0n) is 17.6. The number of oxazole rings is 1. The van der Waals surface area contributed by atoms with Crippen LogP contribution in [0.4, 0.5) is 5.69 Å². The van der Waals surface area contributed by atoms with Gasteiger partial charge < -0.3 is 19.6 Å². The summed E-state index contributed by atoms with van der Waals surface area (Å²) in [5, 5.41) is 5.65. The topological polar surface area (TPSA) is 102 Å². The van der Waals surface area contributed by atoms with Crippen LogP contribution in [-0.2, 0) is 11.3 Å². The van der Waals surface area contributed by atoms with E-state index in [1.807, 2.05) is 41.1 Å². The third kappa shape index (κ3) is 5.10. The van der Waals surface area contributed by atoms with Crippen molar-refractivity contribution in [2.75, 3.05) is 11.9 Å². The molecule has 2 aromatic heterocycles. The standard InChI is InChI=1S/C24H23N5O3/c1-17(30)27-20-10-8-18(9-11-20)22-21(28-24(32-22)19-6-3-2-4-7-19)23(31)26-12-5-14-29-15-13-25-16-29/h2-4,6-11,13,15-16H,5,12,14H2,1H3,(H,26,31)(H,27,30). The summed E-state index contributed by atoms with van der Waals surface area (Å²) in [6.45, 7) is 2.70. The Morgan fingerprint density at radius 1 is 1.03 bits per heavy atom. The van der Waals surface area contributed by atoms with Crippen LogP contribution in [0.2, 0.25) is 0 Å². The van der Waals surface area contributed by atoms with Crippen molar-refractivity contribution in [3.8, 4) is 22.8 Å². The molecular weight excluding hydrogens is 406 g/mol. The Morgan fingerprint density at radius 3 is 2.50 bits per heavy atom. The van der Waals surface area contributed by atoms with E-state index in [9.17, 15) is 9.59 Å². The number of anilines is 1. The van der Waals surface area contributed by atoms with E-state index in [4.69, 9.17) is 4.42 Å². The Hall–Kier alpha value is -4.20. The quantitative estimate of drug-likeness (QED) is 0.413. The Bertz CT molecular complexity index is 1180. The monoisotopic (exact) mass is 429 g/mol. The van der Waals surface area contributed by atoms with E-state index in [2.05, 4.69) is 20.6 Å². The van der Waals surface area contributed by atoms with Crippen molar-refractivity contribution in [3.63, 3.8) is 0 Å². The molecule has 2 heterocycles. The second-order valence-electron chi connectivity index (χ2n) is 7.23. The average molecular weight is 429 g/mol. The number of imidazole rings is 1. The highest BCUT2D eigenvalue weighted by atomic mass is 16.4. The molecule has 4 rings (SSSR count). The van der Waals surface area contributed by atoms with Gasteiger partial charge in [-0.3, -0.25) is 9.59 Å². The minimum Gasteiger partial charge on any atom is -0.435 e. The van der Waals surface area contributed by atoms with Gasteiger partial charge in [0.25, 0.3) is 5.91 Å². The number of amides is 2. The minimum atomic E-state index is -0.303. The highest BCUT2D eigenvalue weighted by Crippen LogP contribution is 2.30.